The largest absolute Gasteiger partial charge is 0.323 e. The predicted molar refractivity (Wildman–Crippen MR) is 185 cm³/mol. The standard InChI is InChI=1S/C42H32N4/c1-28-29(2)45(27-44(28)3)33-16-11-15-32(26-33)42(31-13-5-4-6-14-31)36-19-12-18-35-34-17-7-8-21-39(34)46(41(35)36)40-23-22-30(25-37(40)42)38-20-9-10-24-43-38/h4-26H,1-3H3. The van der Waals surface area contributed by atoms with Crippen molar-refractivity contribution in [3.05, 3.63) is 180 Å². The molecule has 0 N–H and O–H groups in total. The molecule has 220 valence electrons. The number of nitrogens with zero attached hydrogens (tertiary/aromatic N) is 4. The number of para-hydroxylation sites is 2. The fourth-order valence-electron chi connectivity index (χ4n) is 7.75. The predicted octanol–water partition coefficient (Wildman–Crippen LogP) is 8.57. The molecule has 0 fully saturated rings. The Kier molecular flexibility index (Phi) is 5.72. The number of rotatable bonds is 4. The molecule has 0 spiro atoms. The normalized spacial score (nSPS) is 15.4. The maximum absolute atomic E-state index is 4.77. The minimum Gasteiger partial charge on any atom is -0.323 e. The van der Waals surface area contributed by atoms with Gasteiger partial charge in [0.1, 0.15) is 0 Å². The third kappa shape index (κ3) is 3.55. The van der Waals surface area contributed by atoms with Gasteiger partial charge >= 0.3 is 0 Å². The molecular weight excluding hydrogens is 560 g/mol. The van der Waals surface area contributed by atoms with E-state index in [1.54, 1.807) is 0 Å². The number of benzene rings is 5. The van der Waals surface area contributed by atoms with Crippen molar-refractivity contribution in [2.75, 3.05) is 0 Å². The van der Waals surface area contributed by atoms with Gasteiger partial charge in [-0.25, -0.2) is 0 Å². The molecule has 46 heavy (non-hydrogen) atoms. The average Bonchev–Trinajstić information content (AvgIpc) is 3.59. The second-order valence-corrected chi connectivity index (χ2v) is 12.3. The van der Waals surface area contributed by atoms with E-state index in [4.69, 9.17) is 4.98 Å². The highest BCUT2D eigenvalue weighted by Gasteiger charge is 2.45. The Hall–Kier alpha value is -5.74. The van der Waals surface area contributed by atoms with Gasteiger partial charge in [0, 0.05) is 33.9 Å². The van der Waals surface area contributed by atoms with Crippen molar-refractivity contribution in [2.24, 2.45) is 7.05 Å². The van der Waals surface area contributed by atoms with Crippen molar-refractivity contribution in [3.63, 3.8) is 0 Å². The van der Waals surface area contributed by atoms with Gasteiger partial charge in [0.25, 0.3) is 0 Å². The van der Waals surface area contributed by atoms with E-state index >= 15 is 0 Å². The molecule has 1 unspecified atom stereocenters. The Morgan fingerprint density at radius 2 is 1.43 bits per heavy atom. The van der Waals surface area contributed by atoms with Crippen LogP contribution in [-0.4, -0.2) is 14.1 Å². The van der Waals surface area contributed by atoms with Crippen LogP contribution < -0.4 is 4.57 Å². The van der Waals surface area contributed by atoms with E-state index in [0.717, 1.165) is 16.9 Å². The van der Waals surface area contributed by atoms with Crippen LogP contribution in [0.4, 0.5) is 0 Å². The number of imidazole rings is 1. The van der Waals surface area contributed by atoms with E-state index in [9.17, 15) is 0 Å². The van der Waals surface area contributed by atoms with Crippen LogP contribution >= 0.6 is 0 Å². The van der Waals surface area contributed by atoms with E-state index in [-0.39, 0.29) is 0 Å². The maximum atomic E-state index is 4.77. The summed E-state index contributed by atoms with van der Waals surface area (Å²) in [4.78, 5) is 4.77. The van der Waals surface area contributed by atoms with Crippen molar-refractivity contribution in [2.45, 2.75) is 19.3 Å². The van der Waals surface area contributed by atoms with Gasteiger partial charge in [0.2, 0.25) is 6.33 Å². The minimum absolute atomic E-state index is 0.612. The third-order valence-electron chi connectivity index (χ3n) is 10.1. The zero-order chi connectivity index (χ0) is 31.0. The number of hydrogen-bond donors (Lipinski definition) is 0. The van der Waals surface area contributed by atoms with Crippen molar-refractivity contribution < 1.29 is 4.57 Å². The molecule has 1 aliphatic heterocycles. The van der Waals surface area contributed by atoms with Crippen molar-refractivity contribution in [1.82, 2.24) is 14.1 Å². The minimum atomic E-state index is -0.612. The van der Waals surface area contributed by atoms with Crippen molar-refractivity contribution in [3.8, 4) is 22.6 Å². The molecule has 1 atom stereocenters. The number of hydrogen-bond acceptors (Lipinski definition) is 1. The summed E-state index contributed by atoms with van der Waals surface area (Å²) >= 11 is 0. The molecule has 0 saturated carbocycles. The van der Waals surface area contributed by atoms with E-state index in [2.05, 4.69) is 168 Å². The molecule has 4 nitrogen and oxygen atoms in total. The van der Waals surface area contributed by atoms with Gasteiger partial charge in [0.15, 0.2) is 0 Å². The molecule has 3 aromatic heterocycles. The quantitative estimate of drug-likeness (QED) is 0.149. The molecule has 0 radical (unpaired) electrons. The number of pyridine rings is 1. The first kappa shape index (κ1) is 26.6. The molecule has 0 saturated heterocycles. The molecular formula is C42H32N4. The first-order chi connectivity index (χ1) is 22.6. The number of aromatic nitrogens is 4. The first-order valence-electron chi connectivity index (χ1n) is 15.8. The second-order valence-electron chi connectivity index (χ2n) is 12.3. The summed E-state index contributed by atoms with van der Waals surface area (Å²) in [6, 6.07) is 48.8. The van der Waals surface area contributed by atoms with Crippen LogP contribution in [0.3, 0.4) is 0 Å². The van der Waals surface area contributed by atoms with Crippen molar-refractivity contribution >= 4 is 21.8 Å². The topological polar surface area (TPSA) is 26.6 Å². The number of aryl methyl sites for hydroxylation is 1. The molecule has 1 aliphatic rings. The van der Waals surface area contributed by atoms with Crippen LogP contribution in [0.2, 0.25) is 0 Å². The Labute approximate surface area is 268 Å². The Morgan fingerprint density at radius 3 is 2.24 bits per heavy atom. The Bertz CT molecular complexity index is 2450. The highest BCUT2D eigenvalue weighted by atomic mass is 15.1. The molecule has 0 aliphatic carbocycles. The lowest BCUT2D eigenvalue weighted by Gasteiger charge is -2.42. The fourth-order valence-corrected chi connectivity index (χ4v) is 7.75. The Balaban J connectivity index is 1.47. The molecule has 9 rings (SSSR count). The molecule has 4 heterocycles. The van der Waals surface area contributed by atoms with Crippen molar-refractivity contribution in [1.29, 1.82) is 0 Å². The smallest absolute Gasteiger partial charge is 0.243 e. The lowest BCUT2D eigenvalue weighted by molar-refractivity contribution is -0.681. The van der Waals surface area contributed by atoms with Gasteiger partial charge in [-0.1, -0.05) is 103 Å². The van der Waals surface area contributed by atoms with Crippen LogP contribution in [0.25, 0.3) is 44.4 Å². The molecule has 0 bridgehead atoms. The first-order valence-corrected chi connectivity index (χ1v) is 15.8. The summed E-state index contributed by atoms with van der Waals surface area (Å²) in [5.41, 5.74) is 13.5. The highest BCUT2D eigenvalue weighted by molar-refractivity contribution is 6.12. The van der Waals surface area contributed by atoms with E-state index in [0.29, 0.717) is 0 Å². The Morgan fingerprint density at radius 1 is 0.674 bits per heavy atom. The van der Waals surface area contributed by atoms with E-state index < -0.39 is 5.41 Å². The monoisotopic (exact) mass is 592 g/mol. The summed E-state index contributed by atoms with van der Waals surface area (Å²) < 4.78 is 6.74. The molecule has 0 amide bonds. The van der Waals surface area contributed by atoms with E-state index in [1.165, 1.54) is 61.1 Å². The maximum Gasteiger partial charge on any atom is 0.243 e. The second kappa shape index (κ2) is 9.88. The molecule has 8 aromatic rings. The summed E-state index contributed by atoms with van der Waals surface area (Å²) in [6.45, 7) is 4.31. The third-order valence-corrected chi connectivity index (χ3v) is 10.1. The van der Waals surface area contributed by atoms with Gasteiger partial charge in [-0.15, -0.1) is 0 Å². The highest BCUT2D eigenvalue weighted by Crippen LogP contribution is 2.55. The van der Waals surface area contributed by atoms with Gasteiger partial charge in [0.05, 0.1) is 40.6 Å². The average molecular weight is 593 g/mol. The summed E-state index contributed by atoms with van der Waals surface area (Å²) in [6.07, 6.45) is 5.41. The zero-order valence-electron chi connectivity index (χ0n) is 26.1. The summed E-state index contributed by atoms with van der Waals surface area (Å²) in [7, 11) is 2.06. The van der Waals surface area contributed by atoms with Gasteiger partial charge in [-0.05, 0) is 66.4 Å². The SMILES string of the molecule is Cc1c(C)[n+](C)[c-]n1-c1cccc(C2(c3ccccc3)c3cc(-c4ccccn4)ccc3-n3c4ccccc4c4cccc2c43)c1. The van der Waals surface area contributed by atoms with Crippen LogP contribution in [0, 0.1) is 20.2 Å². The zero-order valence-corrected chi connectivity index (χ0v) is 26.1. The molecule has 5 aromatic carbocycles. The fraction of sp³-hybridized carbons (Fsp3) is 0.0952. The number of fused-ring (bicyclic) bond motifs is 5. The van der Waals surface area contributed by atoms with Crippen LogP contribution in [-0.2, 0) is 12.5 Å². The van der Waals surface area contributed by atoms with E-state index in [1.807, 2.05) is 12.3 Å². The van der Waals surface area contributed by atoms with Crippen LogP contribution in [0.15, 0.2) is 140 Å². The summed E-state index contributed by atoms with van der Waals surface area (Å²) in [5, 5.41) is 2.53. The van der Waals surface area contributed by atoms with Gasteiger partial charge in [-0.3, -0.25) is 4.98 Å². The van der Waals surface area contributed by atoms with Gasteiger partial charge < -0.3 is 13.7 Å². The summed E-state index contributed by atoms with van der Waals surface area (Å²) in [5.74, 6) is 0. The lowest BCUT2D eigenvalue weighted by atomic mass is 9.62. The van der Waals surface area contributed by atoms with Crippen LogP contribution in [0.1, 0.15) is 33.6 Å². The lowest BCUT2D eigenvalue weighted by Crippen LogP contribution is -2.35. The molecule has 4 heteroatoms. The van der Waals surface area contributed by atoms with Crippen LogP contribution in [0.5, 0.6) is 0 Å². The van der Waals surface area contributed by atoms with Gasteiger partial charge in [-0.2, -0.15) is 0 Å².